The van der Waals surface area contributed by atoms with Crippen molar-refractivity contribution in [3.63, 3.8) is 0 Å². The van der Waals surface area contributed by atoms with Gasteiger partial charge in [0.1, 0.15) is 11.5 Å². The standard InChI is InChI=1S/C29H27FN6O2/c1-2-27(37)33-22-11-12-25(30)24(18-22)28-26(32-20-7-4-3-5-8-20)19-31-29(35-28)34-21-9-6-10-23(17-21)36-13-15-38-16-14-36/h2-12,17-19,32H,1,13-16H2,(H,33,37)(H,31,34,35). The van der Waals surface area contributed by atoms with Crippen LogP contribution in [0.3, 0.4) is 0 Å². The molecule has 0 saturated carbocycles. The topological polar surface area (TPSA) is 91.4 Å². The highest BCUT2D eigenvalue weighted by Crippen LogP contribution is 2.33. The lowest BCUT2D eigenvalue weighted by molar-refractivity contribution is -0.111. The average molecular weight is 511 g/mol. The number of anilines is 6. The van der Waals surface area contributed by atoms with Gasteiger partial charge in [0.25, 0.3) is 0 Å². The fourth-order valence-electron chi connectivity index (χ4n) is 4.12. The normalized spacial score (nSPS) is 13.0. The Labute approximate surface area is 220 Å². The fourth-order valence-corrected chi connectivity index (χ4v) is 4.12. The van der Waals surface area contributed by atoms with Crippen LogP contribution in [0.4, 0.5) is 38.8 Å². The van der Waals surface area contributed by atoms with Gasteiger partial charge in [-0.3, -0.25) is 4.79 Å². The molecule has 1 fully saturated rings. The molecule has 0 unspecified atom stereocenters. The van der Waals surface area contributed by atoms with E-state index < -0.39 is 11.7 Å². The SMILES string of the molecule is C=CC(=O)Nc1ccc(F)c(-c2nc(Nc3cccc(N4CCOCC4)c3)ncc2Nc2ccccc2)c1. The van der Waals surface area contributed by atoms with Gasteiger partial charge in [-0.25, -0.2) is 14.4 Å². The molecule has 2 heterocycles. The lowest BCUT2D eigenvalue weighted by Crippen LogP contribution is -2.36. The van der Waals surface area contributed by atoms with E-state index in [0.717, 1.165) is 36.2 Å². The molecule has 192 valence electrons. The van der Waals surface area contributed by atoms with Gasteiger partial charge < -0.3 is 25.6 Å². The van der Waals surface area contributed by atoms with Crippen LogP contribution in [0.25, 0.3) is 11.3 Å². The summed E-state index contributed by atoms with van der Waals surface area (Å²) in [6.45, 7) is 6.50. The number of amides is 1. The number of ether oxygens (including phenoxy) is 1. The van der Waals surface area contributed by atoms with Gasteiger partial charge in [0, 0.05) is 41.4 Å². The Kier molecular flexibility index (Phi) is 7.56. The van der Waals surface area contributed by atoms with Crippen molar-refractivity contribution in [3.05, 3.63) is 97.5 Å². The summed E-state index contributed by atoms with van der Waals surface area (Å²) in [5.41, 5.74) is 4.14. The van der Waals surface area contributed by atoms with E-state index in [1.807, 2.05) is 54.6 Å². The highest BCUT2D eigenvalue weighted by molar-refractivity contribution is 5.99. The van der Waals surface area contributed by atoms with Crippen molar-refractivity contribution in [3.8, 4) is 11.3 Å². The maximum absolute atomic E-state index is 15.2. The van der Waals surface area contributed by atoms with Crippen molar-refractivity contribution in [2.75, 3.05) is 47.2 Å². The molecule has 3 aromatic carbocycles. The number of morpholine rings is 1. The molecule has 0 atom stereocenters. The average Bonchev–Trinajstić information content (AvgIpc) is 2.96. The third-order valence-electron chi connectivity index (χ3n) is 5.99. The molecule has 38 heavy (non-hydrogen) atoms. The van der Waals surface area contributed by atoms with Crippen LogP contribution in [-0.4, -0.2) is 42.2 Å². The van der Waals surface area contributed by atoms with E-state index in [9.17, 15) is 4.79 Å². The number of hydrogen-bond donors (Lipinski definition) is 3. The maximum Gasteiger partial charge on any atom is 0.247 e. The summed E-state index contributed by atoms with van der Waals surface area (Å²) in [6, 6.07) is 21.8. The molecule has 1 saturated heterocycles. The van der Waals surface area contributed by atoms with Crippen molar-refractivity contribution < 1.29 is 13.9 Å². The summed E-state index contributed by atoms with van der Waals surface area (Å²) in [5.74, 6) is -0.579. The Morgan fingerprint density at radius 1 is 0.947 bits per heavy atom. The molecule has 3 N–H and O–H groups in total. The van der Waals surface area contributed by atoms with Crippen LogP contribution in [0, 0.1) is 5.82 Å². The first-order valence-corrected chi connectivity index (χ1v) is 12.2. The Morgan fingerprint density at radius 3 is 2.53 bits per heavy atom. The second-order valence-electron chi connectivity index (χ2n) is 8.61. The third kappa shape index (κ3) is 5.96. The van der Waals surface area contributed by atoms with Crippen LogP contribution in [0.15, 0.2) is 91.6 Å². The first-order chi connectivity index (χ1) is 18.6. The monoisotopic (exact) mass is 510 g/mol. The van der Waals surface area contributed by atoms with Crippen LogP contribution in [-0.2, 0) is 9.53 Å². The summed E-state index contributed by atoms with van der Waals surface area (Å²) < 4.78 is 20.6. The Morgan fingerprint density at radius 2 is 1.74 bits per heavy atom. The summed E-state index contributed by atoms with van der Waals surface area (Å²) in [7, 11) is 0. The Bertz CT molecular complexity index is 1440. The molecule has 0 spiro atoms. The second-order valence-corrected chi connectivity index (χ2v) is 8.61. The molecule has 0 radical (unpaired) electrons. The number of carbonyl (C=O) groups is 1. The maximum atomic E-state index is 15.2. The highest BCUT2D eigenvalue weighted by atomic mass is 19.1. The quantitative estimate of drug-likeness (QED) is 0.261. The van der Waals surface area contributed by atoms with Gasteiger partial charge in [-0.2, -0.15) is 0 Å². The predicted molar refractivity (Wildman–Crippen MR) is 149 cm³/mol. The first kappa shape index (κ1) is 24.9. The predicted octanol–water partition coefficient (Wildman–Crippen LogP) is 5.73. The van der Waals surface area contributed by atoms with E-state index in [1.165, 1.54) is 18.2 Å². The van der Waals surface area contributed by atoms with Crippen molar-refractivity contribution >= 4 is 40.3 Å². The fraction of sp³-hybridized carbons (Fsp3) is 0.138. The number of nitrogens with one attached hydrogen (secondary N) is 3. The number of aromatic nitrogens is 2. The number of carbonyl (C=O) groups excluding carboxylic acids is 1. The van der Waals surface area contributed by atoms with E-state index in [2.05, 4.69) is 37.4 Å². The summed E-state index contributed by atoms with van der Waals surface area (Å²) >= 11 is 0. The Balaban J connectivity index is 1.50. The number of halogens is 1. The molecule has 0 aliphatic carbocycles. The van der Waals surface area contributed by atoms with Gasteiger partial charge in [0.05, 0.1) is 25.1 Å². The van der Waals surface area contributed by atoms with E-state index in [0.29, 0.717) is 36.2 Å². The third-order valence-corrected chi connectivity index (χ3v) is 5.99. The van der Waals surface area contributed by atoms with E-state index in [-0.39, 0.29) is 5.56 Å². The van der Waals surface area contributed by atoms with Crippen molar-refractivity contribution in [1.29, 1.82) is 0 Å². The zero-order valence-corrected chi connectivity index (χ0v) is 20.7. The summed E-state index contributed by atoms with van der Waals surface area (Å²) in [5, 5.41) is 9.19. The van der Waals surface area contributed by atoms with E-state index in [1.54, 1.807) is 6.20 Å². The van der Waals surface area contributed by atoms with Gasteiger partial charge >= 0.3 is 0 Å². The molecule has 8 nitrogen and oxygen atoms in total. The number of benzene rings is 3. The molecular weight excluding hydrogens is 483 g/mol. The summed E-state index contributed by atoms with van der Waals surface area (Å²) in [6.07, 6.45) is 2.76. The van der Waals surface area contributed by atoms with Gasteiger partial charge in [-0.05, 0) is 54.6 Å². The minimum absolute atomic E-state index is 0.206. The number of para-hydroxylation sites is 1. The van der Waals surface area contributed by atoms with Crippen molar-refractivity contribution in [2.45, 2.75) is 0 Å². The molecule has 1 aliphatic heterocycles. The molecule has 1 amide bonds. The number of nitrogens with zero attached hydrogens (tertiary/aromatic N) is 3. The summed E-state index contributed by atoms with van der Waals surface area (Å²) in [4.78, 5) is 23.3. The zero-order valence-electron chi connectivity index (χ0n) is 20.7. The zero-order chi connectivity index (χ0) is 26.3. The molecule has 1 aliphatic rings. The second kappa shape index (κ2) is 11.5. The van der Waals surface area contributed by atoms with Gasteiger partial charge in [-0.15, -0.1) is 0 Å². The molecule has 9 heteroatoms. The largest absolute Gasteiger partial charge is 0.378 e. The smallest absolute Gasteiger partial charge is 0.247 e. The highest BCUT2D eigenvalue weighted by Gasteiger charge is 2.17. The van der Waals surface area contributed by atoms with Crippen molar-refractivity contribution in [2.24, 2.45) is 0 Å². The van der Waals surface area contributed by atoms with Crippen LogP contribution in [0.1, 0.15) is 0 Å². The van der Waals surface area contributed by atoms with Crippen molar-refractivity contribution in [1.82, 2.24) is 9.97 Å². The van der Waals surface area contributed by atoms with Gasteiger partial charge in [0.15, 0.2) is 0 Å². The van der Waals surface area contributed by atoms with Crippen LogP contribution in [0.5, 0.6) is 0 Å². The molecule has 0 bridgehead atoms. The van der Waals surface area contributed by atoms with Gasteiger partial charge in [0.2, 0.25) is 11.9 Å². The van der Waals surface area contributed by atoms with Crippen LogP contribution >= 0.6 is 0 Å². The first-order valence-electron chi connectivity index (χ1n) is 12.2. The van der Waals surface area contributed by atoms with Gasteiger partial charge in [-0.1, -0.05) is 30.8 Å². The lowest BCUT2D eigenvalue weighted by Gasteiger charge is -2.29. The number of rotatable bonds is 8. The molecule has 4 aromatic rings. The van der Waals surface area contributed by atoms with Crippen LogP contribution in [0.2, 0.25) is 0 Å². The van der Waals surface area contributed by atoms with E-state index >= 15 is 4.39 Å². The molecule has 5 rings (SSSR count). The molecular formula is C29H27FN6O2. The Hall–Kier alpha value is -4.76. The lowest BCUT2D eigenvalue weighted by atomic mass is 10.1. The minimum atomic E-state index is -0.489. The molecule has 1 aromatic heterocycles. The van der Waals surface area contributed by atoms with E-state index in [4.69, 9.17) is 4.74 Å². The van der Waals surface area contributed by atoms with Crippen LogP contribution < -0.4 is 20.9 Å². The number of hydrogen-bond acceptors (Lipinski definition) is 7. The minimum Gasteiger partial charge on any atom is -0.378 e.